The van der Waals surface area contributed by atoms with Gasteiger partial charge >= 0.3 is 5.97 Å². The van der Waals surface area contributed by atoms with E-state index in [2.05, 4.69) is 9.97 Å². The molecule has 2 rings (SSSR count). The molecule has 1 unspecified atom stereocenters. The van der Waals surface area contributed by atoms with Gasteiger partial charge in [0.2, 0.25) is 0 Å². The van der Waals surface area contributed by atoms with E-state index in [0.29, 0.717) is 13.1 Å². The minimum Gasteiger partial charge on any atom is -0.481 e. The van der Waals surface area contributed by atoms with Crippen LogP contribution in [0.1, 0.15) is 29.8 Å². The van der Waals surface area contributed by atoms with E-state index in [1.165, 1.54) is 12.4 Å². The van der Waals surface area contributed by atoms with Gasteiger partial charge in [0, 0.05) is 19.5 Å². The summed E-state index contributed by atoms with van der Waals surface area (Å²) in [5.41, 5.74) is 0.236. The summed E-state index contributed by atoms with van der Waals surface area (Å²) in [6.45, 7) is 1.08. The van der Waals surface area contributed by atoms with Gasteiger partial charge in [-0.15, -0.1) is 0 Å². The number of halogens is 1. The summed E-state index contributed by atoms with van der Waals surface area (Å²) >= 11 is 5.62. The summed E-state index contributed by atoms with van der Waals surface area (Å²) in [7, 11) is 0. The van der Waals surface area contributed by atoms with Crippen LogP contribution in [0, 0.1) is 5.92 Å². The molecule has 1 atom stereocenters. The van der Waals surface area contributed by atoms with E-state index in [-0.39, 0.29) is 29.1 Å². The molecule has 1 aromatic heterocycles. The SMILES string of the molecule is O=C(O)CC1CCCN(C(=O)c2cnc(Cl)cn2)C1. The fourth-order valence-electron chi connectivity index (χ4n) is 2.25. The average molecular weight is 284 g/mol. The summed E-state index contributed by atoms with van der Waals surface area (Å²) < 4.78 is 0. The van der Waals surface area contributed by atoms with Gasteiger partial charge < -0.3 is 10.0 Å². The molecule has 0 spiro atoms. The third-order valence-corrected chi connectivity index (χ3v) is 3.30. The lowest BCUT2D eigenvalue weighted by Crippen LogP contribution is -2.40. The molecule has 0 bridgehead atoms. The molecule has 0 saturated carbocycles. The van der Waals surface area contributed by atoms with Gasteiger partial charge in [0.15, 0.2) is 0 Å². The maximum atomic E-state index is 12.2. The Balaban J connectivity index is 2.02. The van der Waals surface area contributed by atoms with Crippen molar-refractivity contribution in [3.8, 4) is 0 Å². The van der Waals surface area contributed by atoms with E-state index in [9.17, 15) is 9.59 Å². The molecule has 1 aromatic rings. The highest BCUT2D eigenvalue weighted by Gasteiger charge is 2.26. The van der Waals surface area contributed by atoms with Crippen molar-refractivity contribution in [2.24, 2.45) is 5.92 Å². The molecule has 0 aromatic carbocycles. The predicted octanol–water partition coefficient (Wildman–Crippen LogP) is 1.46. The van der Waals surface area contributed by atoms with E-state index in [1.807, 2.05) is 0 Å². The van der Waals surface area contributed by atoms with Gasteiger partial charge in [0.25, 0.3) is 5.91 Å². The first kappa shape index (κ1) is 13.7. The zero-order valence-electron chi connectivity index (χ0n) is 10.3. The van der Waals surface area contributed by atoms with Crippen LogP contribution in [0.25, 0.3) is 0 Å². The van der Waals surface area contributed by atoms with Gasteiger partial charge in [-0.05, 0) is 18.8 Å². The van der Waals surface area contributed by atoms with E-state index >= 15 is 0 Å². The van der Waals surface area contributed by atoms with Gasteiger partial charge in [-0.3, -0.25) is 9.59 Å². The Bertz CT molecular complexity index is 478. The Labute approximate surface area is 115 Å². The predicted molar refractivity (Wildman–Crippen MR) is 67.9 cm³/mol. The topological polar surface area (TPSA) is 83.4 Å². The number of hydrogen-bond acceptors (Lipinski definition) is 4. The first-order valence-corrected chi connectivity index (χ1v) is 6.42. The fraction of sp³-hybridized carbons (Fsp3) is 0.500. The van der Waals surface area contributed by atoms with Crippen molar-refractivity contribution in [1.82, 2.24) is 14.9 Å². The highest BCUT2D eigenvalue weighted by atomic mass is 35.5. The smallest absolute Gasteiger partial charge is 0.303 e. The number of amides is 1. The molecule has 1 amide bonds. The van der Waals surface area contributed by atoms with Crippen molar-refractivity contribution < 1.29 is 14.7 Å². The van der Waals surface area contributed by atoms with Gasteiger partial charge in [-0.25, -0.2) is 9.97 Å². The Hall–Kier alpha value is -1.69. The summed E-state index contributed by atoms with van der Waals surface area (Å²) in [6.07, 6.45) is 4.40. The minimum atomic E-state index is -0.828. The van der Waals surface area contributed by atoms with Crippen molar-refractivity contribution in [1.29, 1.82) is 0 Å². The van der Waals surface area contributed by atoms with Crippen molar-refractivity contribution in [3.63, 3.8) is 0 Å². The van der Waals surface area contributed by atoms with Crippen LogP contribution in [-0.2, 0) is 4.79 Å². The third-order valence-electron chi connectivity index (χ3n) is 3.11. The third kappa shape index (κ3) is 3.64. The van der Waals surface area contributed by atoms with Crippen molar-refractivity contribution in [2.45, 2.75) is 19.3 Å². The van der Waals surface area contributed by atoms with Crippen LogP contribution in [0.5, 0.6) is 0 Å². The molecular weight excluding hydrogens is 270 g/mol. The Kier molecular flexibility index (Phi) is 4.31. The monoisotopic (exact) mass is 283 g/mol. The second-order valence-corrected chi connectivity index (χ2v) is 4.97. The summed E-state index contributed by atoms with van der Waals surface area (Å²) in [5.74, 6) is -1.04. The number of carboxylic acids is 1. The van der Waals surface area contributed by atoms with Crippen LogP contribution in [0.2, 0.25) is 5.15 Å². The number of piperidine rings is 1. The summed E-state index contributed by atoms with van der Waals surface area (Å²) in [6, 6.07) is 0. The van der Waals surface area contributed by atoms with E-state index in [0.717, 1.165) is 12.8 Å². The summed E-state index contributed by atoms with van der Waals surface area (Å²) in [5, 5.41) is 9.03. The number of rotatable bonds is 3. The molecule has 19 heavy (non-hydrogen) atoms. The lowest BCUT2D eigenvalue weighted by Gasteiger charge is -2.31. The van der Waals surface area contributed by atoms with Crippen LogP contribution >= 0.6 is 11.6 Å². The fourth-order valence-corrected chi connectivity index (χ4v) is 2.35. The molecule has 1 fully saturated rings. The molecule has 102 valence electrons. The first-order chi connectivity index (χ1) is 9.06. The lowest BCUT2D eigenvalue weighted by atomic mass is 9.95. The standard InChI is InChI=1S/C12H14ClN3O3/c13-10-6-14-9(5-15-10)12(19)16-3-1-2-8(7-16)4-11(17)18/h5-6,8H,1-4,7H2,(H,17,18). The Morgan fingerprint density at radius 2 is 2.21 bits per heavy atom. The molecule has 1 aliphatic heterocycles. The highest BCUT2D eigenvalue weighted by molar-refractivity contribution is 6.29. The van der Waals surface area contributed by atoms with Crippen LogP contribution in [0.15, 0.2) is 12.4 Å². The maximum Gasteiger partial charge on any atom is 0.303 e. The number of carboxylic acid groups (broad SMARTS) is 1. The molecule has 0 radical (unpaired) electrons. The maximum absolute atomic E-state index is 12.2. The molecule has 6 nitrogen and oxygen atoms in total. The number of hydrogen-bond donors (Lipinski definition) is 1. The molecule has 0 aliphatic carbocycles. The number of aliphatic carboxylic acids is 1. The van der Waals surface area contributed by atoms with E-state index in [1.54, 1.807) is 4.90 Å². The quantitative estimate of drug-likeness (QED) is 0.908. The van der Waals surface area contributed by atoms with Gasteiger partial charge in [-0.1, -0.05) is 11.6 Å². The highest BCUT2D eigenvalue weighted by Crippen LogP contribution is 2.20. The zero-order chi connectivity index (χ0) is 13.8. The van der Waals surface area contributed by atoms with Crippen LogP contribution < -0.4 is 0 Å². The summed E-state index contributed by atoms with van der Waals surface area (Å²) in [4.78, 5) is 32.3. The second-order valence-electron chi connectivity index (χ2n) is 4.58. The van der Waals surface area contributed by atoms with Crippen LogP contribution in [0.3, 0.4) is 0 Å². The minimum absolute atomic E-state index is 0.00968. The average Bonchev–Trinajstić information content (AvgIpc) is 2.38. The van der Waals surface area contributed by atoms with Crippen molar-refractivity contribution >= 4 is 23.5 Å². The van der Waals surface area contributed by atoms with Crippen LogP contribution in [-0.4, -0.2) is 44.9 Å². The van der Waals surface area contributed by atoms with Crippen LogP contribution in [0.4, 0.5) is 0 Å². The molecule has 1 aliphatic rings. The van der Waals surface area contributed by atoms with E-state index < -0.39 is 5.97 Å². The van der Waals surface area contributed by atoms with E-state index in [4.69, 9.17) is 16.7 Å². The second kappa shape index (κ2) is 5.97. The number of aromatic nitrogens is 2. The molecule has 1 N–H and O–H groups in total. The van der Waals surface area contributed by atoms with Gasteiger partial charge in [-0.2, -0.15) is 0 Å². The lowest BCUT2D eigenvalue weighted by molar-refractivity contribution is -0.138. The molecular formula is C12H14ClN3O3. The van der Waals surface area contributed by atoms with Crippen molar-refractivity contribution in [3.05, 3.63) is 23.2 Å². The molecule has 7 heteroatoms. The Morgan fingerprint density at radius 1 is 1.42 bits per heavy atom. The van der Waals surface area contributed by atoms with Gasteiger partial charge in [0.1, 0.15) is 10.8 Å². The van der Waals surface area contributed by atoms with Gasteiger partial charge in [0.05, 0.1) is 12.4 Å². The normalized spacial score (nSPS) is 19.2. The van der Waals surface area contributed by atoms with Crippen molar-refractivity contribution in [2.75, 3.05) is 13.1 Å². The number of nitrogens with zero attached hydrogens (tertiary/aromatic N) is 3. The Morgan fingerprint density at radius 3 is 2.84 bits per heavy atom. The number of carbonyl (C=O) groups excluding carboxylic acids is 1. The zero-order valence-corrected chi connectivity index (χ0v) is 11.0. The first-order valence-electron chi connectivity index (χ1n) is 6.05. The number of carbonyl (C=O) groups is 2. The molecule has 2 heterocycles. The number of likely N-dealkylation sites (tertiary alicyclic amines) is 1. The largest absolute Gasteiger partial charge is 0.481 e. The molecule has 1 saturated heterocycles.